The lowest BCUT2D eigenvalue weighted by Crippen LogP contribution is -2.27. The third kappa shape index (κ3) is 7.73. The number of carbonyl (C=O) groups excluding carboxylic acids is 2. The van der Waals surface area contributed by atoms with E-state index in [9.17, 15) is 14.0 Å². The van der Waals surface area contributed by atoms with Gasteiger partial charge in [0.05, 0.1) is 25.1 Å². The fourth-order valence-corrected chi connectivity index (χ4v) is 4.68. The molecule has 0 saturated heterocycles. The highest BCUT2D eigenvalue weighted by atomic mass is 19.1. The molecule has 2 heterocycles. The van der Waals surface area contributed by atoms with Gasteiger partial charge in [-0.25, -0.2) is 24.1 Å². The number of ether oxygens (including phenoxy) is 3. The van der Waals surface area contributed by atoms with Crippen molar-refractivity contribution in [3.63, 3.8) is 0 Å². The quantitative estimate of drug-likeness (QED) is 0.174. The average Bonchev–Trinajstić information content (AvgIpc) is 3.01. The second-order valence-corrected chi connectivity index (χ2v) is 11.5. The predicted octanol–water partition coefficient (Wildman–Crippen LogP) is 7.37. The third-order valence-electron chi connectivity index (χ3n) is 6.91. The molecule has 0 radical (unpaired) electrons. The molecule has 0 atom stereocenters. The highest BCUT2D eigenvalue weighted by Gasteiger charge is 2.18. The lowest BCUT2D eigenvalue weighted by Gasteiger charge is -2.20. The summed E-state index contributed by atoms with van der Waals surface area (Å²) in [4.78, 5) is 38.1. The van der Waals surface area contributed by atoms with Gasteiger partial charge in [-0.2, -0.15) is 0 Å². The summed E-state index contributed by atoms with van der Waals surface area (Å²) in [5, 5.41) is 6.31. The number of benzene rings is 3. The Balaban J connectivity index is 1.25. The summed E-state index contributed by atoms with van der Waals surface area (Å²) in [6, 6.07) is 19.1. The molecular weight excluding hydrogens is 589 g/mol. The highest BCUT2D eigenvalue weighted by molar-refractivity contribution is 6.06. The van der Waals surface area contributed by atoms with Crippen LogP contribution in [0.2, 0.25) is 0 Å². The van der Waals surface area contributed by atoms with Crippen LogP contribution in [0.3, 0.4) is 0 Å². The number of fused-ring (bicyclic) bond motifs is 1. The normalized spacial score (nSPS) is 11.2. The van der Waals surface area contributed by atoms with Gasteiger partial charge in [0.15, 0.2) is 5.82 Å². The van der Waals surface area contributed by atoms with E-state index in [-0.39, 0.29) is 11.8 Å². The number of halogens is 1. The molecule has 10 nitrogen and oxygen atoms in total. The Labute approximate surface area is 266 Å². The van der Waals surface area contributed by atoms with E-state index in [1.807, 2.05) is 25.1 Å². The molecule has 2 amide bonds. The molecular formula is C35H34FN5O5. The summed E-state index contributed by atoms with van der Waals surface area (Å²) < 4.78 is 30.9. The number of nitrogens with one attached hydrogen (secondary N) is 2. The number of aryl methyl sites for hydroxylation is 1. The molecule has 0 aliphatic carbocycles. The molecule has 5 aromatic rings. The Bertz CT molecular complexity index is 1890. The number of anilines is 2. The Hall–Kier alpha value is -5.58. The van der Waals surface area contributed by atoms with Crippen molar-refractivity contribution >= 4 is 34.3 Å². The summed E-state index contributed by atoms with van der Waals surface area (Å²) in [5.41, 5.74) is 4.28. The fourth-order valence-electron chi connectivity index (χ4n) is 4.68. The van der Waals surface area contributed by atoms with Crippen LogP contribution >= 0.6 is 0 Å². The number of aromatic nitrogens is 3. The van der Waals surface area contributed by atoms with Crippen LogP contribution in [0.5, 0.6) is 11.6 Å². The molecule has 2 N–H and O–H groups in total. The fraction of sp³-hybridized carbons (Fsp3) is 0.229. The van der Waals surface area contributed by atoms with Crippen LogP contribution in [-0.4, -0.2) is 46.3 Å². The largest absolute Gasteiger partial charge is 0.491 e. The SMILES string of the molecule is COc1ncc(-c2cc(OCCc3ccc(C(=O)Nc4ccccc4NC(=O)OC(C)(C)C)cc3)c3ncnc(C)c3c2)cc1F. The van der Waals surface area contributed by atoms with Gasteiger partial charge in [-0.05, 0) is 81.3 Å². The van der Waals surface area contributed by atoms with Crippen molar-refractivity contribution in [3.05, 3.63) is 102 Å². The first-order valence-corrected chi connectivity index (χ1v) is 14.6. The third-order valence-corrected chi connectivity index (χ3v) is 6.91. The highest BCUT2D eigenvalue weighted by Crippen LogP contribution is 2.33. The summed E-state index contributed by atoms with van der Waals surface area (Å²) in [5.74, 6) is -0.445. The molecule has 3 aromatic carbocycles. The number of pyridine rings is 1. The topological polar surface area (TPSA) is 125 Å². The van der Waals surface area contributed by atoms with Crippen LogP contribution in [0.15, 0.2) is 79.3 Å². The number of methoxy groups -OCH3 is 1. The second kappa shape index (κ2) is 13.6. The maximum absolute atomic E-state index is 14.4. The molecule has 5 rings (SSSR count). The van der Waals surface area contributed by atoms with Gasteiger partial charge in [-0.1, -0.05) is 24.3 Å². The van der Waals surface area contributed by atoms with E-state index in [2.05, 4.69) is 25.6 Å². The number of amides is 2. The maximum atomic E-state index is 14.4. The van der Waals surface area contributed by atoms with Crippen LogP contribution in [0.4, 0.5) is 20.6 Å². The van der Waals surface area contributed by atoms with Crippen LogP contribution in [-0.2, 0) is 11.2 Å². The Morgan fingerprint density at radius 2 is 1.61 bits per heavy atom. The molecule has 0 bridgehead atoms. The van der Waals surface area contributed by atoms with Crippen molar-refractivity contribution in [2.75, 3.05) is 24.4 Å². The van der Waals surface area contributed by atoms with E-state index in [1.165, 1.54) is 19.5 Å². The van der Waals surface area contributed by atoms with Crippen LogP contribution in [0.25, 0.3) is 22.0 Å². The Morgan fingerprint density at radius 1 is 0.891 bits per heavy atom. The van der Waals surface area contributed by atoms with Crippen LogP contribution in [0, 0.1) is 12.7 Å². The second-order valence-electron chi connectivity index (χ2n) is 11.5. The molecule has 2 aromatic heterocycles. The van der Waals surface area contributed by atoms with E-state index in [0.29, 0.717) is 52.4 Å². The molecule has 0 unspecified atom stereocenters. The average molecular weight is 624 g/mol. The molecule has 0 spiro atoms. The summed E-state index contributed by atoms with van der Waals surface area (Å²) in [6.45, 7) is 7.52. The first kappa shape index (κ1) is 31.8. The zero-order chi connectivity index (χ0) is 32.8. The van der Waals surface area contributed by atoms with Crippen molar-refractivity contribution in [1.29, 1.82) is 0 Å². The molecule has 0 fully saturated rings. The standard InChI is InChI=1S/C35H34FN5O5/c1-21-26-16-24(25-17-27(36)33(44-5)37-19-25)18-30(31(26)39-20-38-21)45-15-14-22-10-12-23(13-11-22)32(42)40-28-8-6-7-9-29(28)41-34(43)46-35(2,3)4/h6-13,16-20H,14-15H2,1-5H3,(H,40,42)(H,41,43). The maximum Gasteiger partial charge on any atom is 0.412 e. The van der Waals surface area contributed by atoms with Crippen molar-refractivity contribution in [2.45, 2.75) is 39.7 Å². The molecule has 0 aliphatic heterocycles. The van der Waals surface area contributed by atoms with Crippen LogP contribution in [0.1, 0.15) is 42.4 Å². The van der Waals surface area contributed by atoms with Gasteiger partial charge in [0, 0.05) is 34.8 Å². The van der Waals surface area contributed by atoms with E-state index in [1.54, 1.807) is 69.4 Å². The van der Waals surface area contributed by atoms with Crippen molar-refractivity contribution in [3.8, 4) is 22.8 Å². The van der Waals surface area contributed by atoms with E-state index < -0.39 is 17.5 Å². The number of rotatable bonds is 9. The number of nitrogens with zero attached hydrogens (tertiary/aromatic N) is 3. The minimum atomic E-state index is -0.657. The van der Waals surface area contributed by atoms with E-state index >= 15 is 0 Å². The minimum absolute atomic E-state index is 0.0796. The smallest absolute Gasteiger partial charge is 0.412 e. The van der Waals surface area contributed by atoms with Crippen LogP contribution < -0.4 is 20.1 Å². The van der Waals surface area contributed by atoms with Gasteiger partial charge in [0.2, 0.25) is 5.88 Å². The molecule has 11 heteroatoms. The summed E-state index contributed by atoms with van der Waals surface area (Å²) >= 11 is 0. The van der Waals surface area contributed by atoms with Gasteiger partial charge in [0.1, 0.15) is 23.2 Å². The molecule has 0 saturated carbocycles. The zero-order valence-corrected chi connectivity index (χ0v) is 26.2. The van der Waals surface area contributed by atoms with Crippen molar-refractivity contribution in [1.82, 2.24) is 15.0 Å². The summed E-state index contributed by atoms with van der Waals surface area (Å²) in [7, 11) is 1.37. The van der Waals surface area contributed by atoms with Crippen molar-refractivity contribution < 1.29 is 28.2 Å². The molecule has 46 heavy (non-hydrogen) atoms. The number of para-hydroxylation sites is 2. The molecule has 0 aliphatic rings. The lowest BCUT2D eigenvalue weighted by molar-refractivity contribution is 0.0635. The van der Waals surface area contributed by atoms with Gasteiger partial charge < -0.3 is 19.5 Å². The van der Waals surface area contributed by atoms with E-state index in [4.69, 9.17) is 14.2 Å². The Morgan fingerprint density at radius 3 is 2.28 bits per heavy atom. The summed E-state index contributed by atoms with van der Waals surface area (Å²) in [6.07, 6.45) is 2.96. The number of hydrogen-bond donors (Lipinski definition) is 2. The first-order valence-electron chi connectivity index (χ1n) is 14.6. The minimum Gasteiger partial charge on any atom is -0.491 e. The van der Waals surface area contributed by atoms with E-state index in [0.717, 1.165) is 16.6 Å². The lowest BCUT2D eigenvalue weighted by atomic mass is 10.0. The predicted molar refractivity (Wildman–Crippen MR) is 174 cm³/mol. The van der Waals surface area contributed by atoms with Gasteiger partial charge in [0.25, 0.3) is 5.91 Å². The van der Waals surface area contributed by atoms with Gasteiger partial charge >= 0.3 is 6.09 Å². The van der Waals surface area contributed by atoms with Crippen molar-refractivity contribution in [2.24, 2.45) is 0 Å². The number of hydrogen-bond acceptors (Lipinski definition) is 8. The monoisotopic (exact) mass is 623 g/mol. The molecule has 236 valence electrons. The number of carbonyl (C=O) groups is 2. The first-order chi connectivity index (χ1) is 22.0. The van der Waals surface area contributed by atoms with Gasteiger partial charge in [-0.15, -0.1) is 0 Å². The van der Waals surface area contributed by atoms with Gasteiger partial charge in [-0.3, -0.25) is 10.1 Å². The Kier molecular flexibility index (Phi) is 9.41. The zero-order valence-electron chi connectivity index (χ0n) is 26.2.